The minimum Gasteiger partial charge on any atom is -0.492 e. The average Bonchev–Trinajstić information content (AvgIpc) is 2.87. The number of ether oxygens (including phenoxy) is 1. The molecule has 116 valence electrons. The number of hydrogen-bond acceptors (Lipinski definition) is 2. The summed E-state index contributed by atoms with van der Waals surface area (Å²) in [5.41, 5.74) is 0. The maximum Gasteiger partial charge on any atom is 0.142 e. The van der Waals surface area contributed by atoms with Crippen LogP contribution < -0.4 is 4.74 Å². The predicted octanol–water partition coefficient (Wildman–Crippen LogP) is 7.54. The zero-order valence-electron chi connectivity index (χ0n) is 12.5. The summed E-state index contributed by atoms with van der Waals surface area (Å²) in [6.07, 6.45) is 4.88. The van der Waals surface area contributed by atoms with Crippen LogP contribution in [0.1, 0.15) is 32.6 Å². The molecule has 0 aliphatic carbocycles. The fourth-order valence-corrected chi connectivity index (χ4v) is 4.52. The third-order valence-corrected chi connectivity index (χ3v) is 6.00. The van der Waals surface area contributed by atoms with Crippen LogP contribution in [0.4, 0.5) is 0 Å². The molecule has 0 fully saturated rings. The molecule has 1 nitrogen and oxygen atoms in total. The van der Waals surface area contributed by atoms with Crippen LogP contribution in [0.15, 0.2) is 39.3 Å². The molecule has 0 unspecified atom stereocenters. The lowest BCUT2D eigenvalue weighted by Gasteiger charge is -2.10. The Hall–Kier alpha value is -0.580. The van der Waals surface area contributed by atoms with Crippen LogP contribution >= 0.6 is 43.2 Å². The van der Waals surface area contributed by atoms with Gasteiger partial charge in [0.25, 0.3) is 0 Å². The largest absolute Gasteiger partial charge is 0.492 e. The zero-order valence-corrected chi connectivity index (χ0v) is 16.5. The molecule has 0 aliphatic rings. The summed E-state index contributed by atoms with van der Waals surface area (Å²) in [5, 5.41) is 2.49. The molecule has 0 saturated heterocycles. The van der Waals surface area contributed by atoms with E-state index in [1.165, 1.54) is 39.4 Å². The molecular weight excluding hydrogens is 424 g/mol. The molecule has 0 saturated carbocycles. The quantitative estimate of drug-likeness (QED) is 0.359. The second-order valence-corrected chi connectivity index (χ2v) is 8.26. The number of thiophene rings is 1. The number of rotatable bonds is 6. The fraction of sp³-hybridized carbons (Fsp3) is 0.333. The minimum absolute atomic E-state index is 0.781. The van der Waals surface area contributed by atoms with Gasteiger partial charge >= 0.3 is 0 Å². The Kier molecular flexibility index (Phi) is 5.42. The van der Waals surface area contributed by atoms with Gasteiger partial charge in [-0.15, -0.1) is 11.3 Å². The third kappa shape index (κ3) is 3.34. The Morgan fingerprint density at radius 1 is 1.00 bits per heavy atom. The second-order valence-electron chi connectivity index (χ2n) is 5.40. The first-order chi connectivity index (χ1) is 10.7. The first kappa shape index (κ1) is 16.3. The van der Waals surface area contributed by atoms with Crippen molar-refractivity contribution < 1.29 is 4.74 Å². The van der Waals surface area contributed by atoms with E-state index in [4.69, 9.17) is 4.74 Å². The van der Waals surface area contributed by atoms with E-state index in [1.54, 1.807) is 0 Å². The Bertz CT molecular complexity index is 794. The van der Waals surface area contributed by atoms with Crippen LogP contribution in [0.5, 0.6) is 5.75 Å². The number of unbranched alkanes of at least 4 members (excludes halogenated alkanes) is 3. The lowest BCUT2D eigenvalue weighted by Crippen LogP contribution is -1.98. The van der Waals surface area contributed by atoms with Crippen LogP contribution in [0, 0.1) is 0 Å². The van der Waals surface area contributed by atoms with Crippen molar-refractivity contribution in [2.75, 3.05) is 6.61 Å². The van der Waals surface area contributed by atoms with Crippen molar-refractivity contribution >= 4 is 63.4 Å². The molecule has 0 radical (unpaired) electrons. The van der Waals surface area contributed by atoms with Crippen molar-refractivity contribution in [2.24, 2.45) is 0 Å². The number of benzene rings is 2. The number of halogens is 2. The summed E-state index contributed by atoms with van der Waals surface area (Å²) in [6.45, 7) is 3.01. The van der Waals surface area contributed by atoms with E-state index < -0.39 is 0 Å². The third-order valence-electron chi connectivity index (χ3n) is 3.75. The molecule has 0 amide bonds. The van der Waals surface area contributed by atoms with Gasteiger partial charge < -0.3 is 4.74 Å². The summed E-state index contributed by atoms with van der Waals surface area (Å²) >= 11 is 9.06. The van der Waals surface area contributed by atoms with E-state index in [2.05, 4.69) is 69.1 Å². The van der Waals surface area contributed by atoms with Crippen molar-refractivity contribution in [3.8, 4) is 5.75 Å². The molecule has 0 N–H and O–H groups in total. The fourth-order valence-electron chi connectivity index (χ4n) is 2.63. The van der Waals surface area contributed by atoms with E-state index in [0.717, 1.165) is 27.7 Å². The summed E-state index contributed by atoms with van der Waals surface area (Å²) < 4.78 is 10.9. The Labute approximate surface area is 151 Å². The summed E-state index contributed by atoms with van der Waals surface area (Å²) in [4.78, 5) is 0. The molecule has 0 atom stereocenters. The normalized spacial score (nSPS) is 11.4. The smallest absolute Gasteiger partial charge is 0.142 e. The predicted molar refractivity (Wildman–Crippen MR) is 104 cm³/mol. The van der Waals surface area contributed by atoms with E-state index in [0.29, 0.717) is 0 Å². The van der Waals surface area contributed by atoms with Gasteiger partial charge in [0.2, 0.25) is 0 Å². The van der Waals surface area contributed by atoms with Gasteiger partial charge in [-0.3, -0.25) is 0 Å². The van der Waals surface area contributed by atoms with Crippen molar-refractivity contribution in [3.05, 3.63) is 39.3 Å². The van der Waals surface area contributed by atoms with Crippen LogP contribution in [0.2, 0.25) is 0 Å². The maximum atomic E-state index is 6.15. The minimum atomic E-state index is 0.781. The Morgan fingerprint density at radius 2 is 1.82 bits per heavy atom. The van der Waals surface area contributed by atoms with Crippen molar-refractivity contribution in [1.82, 2.24) is 0 Å². The highest BCUT2D eigenvalue weighted by atomic mass is 79.9. The van der Waals surface area contributed by atoms with Gasteiger partial charge in [-0.05, 0) is 52.7 Å². The molecule has 3 rings (SSSR count). The monoisotopic (exact) mass is 440 g/mol. The molecule has 0 spiro atoms. The highest BCUT2D eigenvalue weighted by Crippen LogP contribution is 2.43. The van der Waals surface area contributed by atoms with Crippen LogP contribution in [-0.4, -0.2) is 6.61 Å². The molecule has 22 heavy (non-hydrogen) atoms. The maximum absolute atomic E-state index is 6.15. The molecular formula is C18H18Br2OS. The summed E-state index contributed by atoms with van der Waals surface area (Å²) in [6, 6.07) is 10.7. The Morgan fingerprint density at radius 3 is 2.64 bits per heavy atom. The van der Waals surface area contributed by atoms with Crippen LogP contribution in [0.3, 0.4) is 0 Å². The molecule has 2 aromatic carbocycles. The van der Waals surface area contributed by atoms with Crippen molar-refractivity contribution in [1.29, 1.82) is 0 Å². The summed E-state index contributed by atoms with van der Waals surface area (Å²) in [7, 11) is 0. The first-order valence-corrected chi connectivity index (χ1v) is 10.0. The van der Waals surface area contributed by atoms with Gasteiger partial charge in [-0.1, -0.05) is 42.1 Å². The standard InChI is InChI=1S/C18H18Br2OS/c1-2-3-4-5-10-21-18-14(20)7-9-16-17(18)13-11-12(19)6-8-15(13)22-16/h6-9,11H,2-5,10H2,1H3. The highest BCUT2D eigenvalue weighted by molar-refractivity contribution is 9.10. The molecule has 0 aliphatic heterocycles. The van der Waals surface area contributed by atoms with E-state index in [1.807, 2.05) is 11.3 Å². The molecule has 4 heteroatoms. The molecule has 0 bridgehead atoms. The van der Waals surface area contributed by atoms with Gasteiger partial charge in [0.05, 0.1) is 11.1 Å². The van der Waals surface area contributed by atoms with Crippen LogP contribution in [0.25, 0.3) is 20.2 Å². The molecule has 1 heterocycles. The van der Waals surface area contributed by atoms with Gasteiger partial charge in [0.15, 0.2) is 0 Å². The average molecular weight is 442 g/mol. The first-order valence-electron chi connectivity index (χ1n) is 7.63. The molecule has 1 aromatic heterocycles. The van der Waals surface area contributed by atoms with E-state index >= 15 is 0 Å². The molecule has 3 aromatic rings. The SMILES string of the molecule is CCCCCCOc1c(Br)ccc2sc3ccc(Br)cc3c12. The van der Waals surface area contributed by atoms with Gasteiger partial charge in [0, 0.05) is 24.6 Å². The van der Waals surface area contributed by atoms with Gasteiger partial charge in [-0.2, -0.15) is 0 Å². The van der Waals surface area contributed by atoms with Crippen LogP contribution in [-0.2, 0) is 0 Å². The topological polar surface area (TPSA) is 9.23 Å². The van der Waals surface area contributed by atoms with Crippen molar-refractivity contribution in [2.45, 2.75) is 32.6 Å². The zero-order chi connectivity index (χ0) is 15.5. The number of fused-ring (bicyclic) bond motifs is 3. The highest BCUT2D eigenvalue weighted by Gasteiger charge is 2.14. The van der Waals surface area contributed by atoms with Crippen molar-refractivity contribution in [3.63, 3.8) is 0 Å². The second kappa shape index (κ2) is 7.33. The van der Waals surface area contributed by atoms with Gasteiger partial charge in [0.1, 0.15) is 5.75 Å². The number of hydrogen-bond donors (Lipinski definition) is 0. The lowest BCUT2D eigenvalue weighted by atomic mass is 10.1. The van der Waals surface area contributed by atoms with E-state index in [-0.39, 0.29) is 0 Å². The summed E-state index contributed by atoms with van der Waals surface area (Å²) in [5.74, 6) is 0.985. The van der Waals surface area contributed by atoms with Gasteiger partial charge in [-0.25, -0.2) is 0 Å². The van der Waals surface area contributed by atoms with E-state index in [9.17, 15) is 0 Å². The Balaban J connectivity index is 1.98. The lowest BCUT2D eigenvalue weighted by molar-refractivity contribution is 0.307.